The molecule has 2 aromatic rings. The Labute approximate surface area is 125 Å². The highest BCUT2D eigenvalue weighted by Crippen LogP contribution is 2.30. The van der Waals surface area contributed by atoms with E-state index in [2.05, 4.69) is 31.1 Å². The van der Waals surface area contributed by atoms with E-state index in [4.69, 9.17) is 21.3 Å². The molecule has 2 rings (SSSR count). The maximum absolute atomic E-state index is 7.46. The van der Waals surface area contributed by atoms with Crippen LogP contribution in [0, 0.1) is 5.41 Å². The van der Waals surface area contributed by atoms with Gasteiger partial charge in [-0.15, -0.1) is 21.5 Å². The highest BCUT2D eigenvalue weighted by molar-refractivity contribution is 9.11. The monoisotopic (exact) mass is 360 g/mol. The van der Waals surface area contributed by atoms with Crippen molar-refractivity contribution < 1.29 is 4.42 Å². The fourth-order valence-electron chi connectivity index (χ4n) is 1.12. The molecule has 0 aromatic carbocycles. The van der Waals surface area contributed by atoms with Crippen LogP contribution in [0.15, 0.2) is 25.3 Å². The number of nitrogens with one attached hydrogen (secondary N) is 1. The summed E-state index contributed by atoms with van der Waals surface area (Å²) < 4.78 is 6.47. The molecular weight excluding hydrogens is 352 g/mol. The molecule has 2 aromatic heterocycles. The third kappa shape index (κ3) is 4.04. The van der Waals surface area contributed by atoms with Gasteiger partial charge in [-0.2, -0.15) is 4.99 Å². The number of nitrogens with two attached hydrogens (primary N) is 2. The standard InChI is InChI=1S/C9H9BrN6OS2/c10-5-2-1-4(19-5)7-16-15-6(17-7)3-18-9(13)14-8(11)12/h1-2H,3H2,(H5,11,12,13,14). The molecule has 100 valence electrons. The normalized spacial score (nSPS) is 10.4. The minimum atomic E-state index is -0.146. The van der Waals surface area contributed by atoms with Crippen LogP contribution in [-0.2, 0) is 5.75 Å². The Hall–Kier alpha value is -1.39. The van der Waals surface area contributed by atoms with Crippen LogP contribution in [0.5, 0.6) is 0 Å². The van der Waals surface area contributed by atoms with E-state index >= 15 is 0 Å². The SMILES string of the molecule is N=C(N=C(N)N)SCc1nnc(-c2ccc(Br)s2)o1. The number of guanidine groups is 1. The third-order valence-corrected chi connectivity index (χ3v) is 4.18. The van der Waals surface area contributed by atoms with Crippen molar-refractivity contribution in [2.45, 2.75) is 5.75 Å². The van der Waals surface area contributed by atoms with E-state index < -0.39 is 0 Å². The Morgan fingerprint density at radius 2 is 2.26 bits per heavy atom. The first kappa shape index (κ1) is 14.0. The number of thioether (sulfide) groups is 1. The number of aliphatic imine (C=N–C) groups is 1. The topological polar surface area (TPSA) is 127 Å². The number of amidine groups is 1. The fraction of sp³-hybridized carbons (Fsp3) is 0.111. The highest BCUT2D eigenvalue weighted by Gasteiger charge is 2.11. The fourth-order valence-corrected chi connectivity index (χ4v) is 2.97. The molecule has 0 bridgehead atoms. The Kier molecular flexibility index (Phi) is 4.56. The van der Waals surface area contributed by atoms with Crippen LogP contribution in [0.2, 0.25) is 0 Å². The molecule has 19 heavy (non-hydrogen) atoms. The van der Waals surface area contributed by atoms with Gasteiger partial charge in [0.15, 0.2) is 11.1 Å². The summed E-state index contributed by atoms with van der Waals surface area (Å²) in [6, 6.07) is 3.80. The van der Waals surface area contributed by atoms with Crippen LogP contribution in [0.25, 0.3) is 10.8 Å². The predicted octanol–water partition coefficient (Wildman–Crippen LogP) is 2.00. The molecule has 0 spiro atoms. The van der Waals surface area contributed by atoms with Crippen molar-refractivity contribution in [2.75, 3.05) is 0 Å². The van der Waals surface area contributed by atoms with Crippen LogP contribution in [0.1, 0.15) is 5.89 Å². The number of halogens is 1. The predicted molar refractivity (Wildman–Crippen MR) is 80.1 cm³/mol. The largest absolute Gasteiger partial charge is 0.419 e. The smallest absolute Gasteiger partial charge is 0.257 e. The number of thiophene rings is 1. The lowest BCUT2D eigenvalue weighted by atomic mass is 10.5. The van der Waals surface area contributed by atoms with Crippen molar-refractivity contribution in [3.8, 4) is 10.8 Å². The van der Waals surface area contributed by atoms with Gasteiger partial charge in [-0.3, -0.25) is 5.41 Å². The molecule has 0 radical (unpaired) electrons. The van der Waals surface area contributed by atoms with Crippen LogP contribution < -0.4 is 11.5 Å². The first-order chi connectivity index (χ1) is 9.04. The molecular formula is C9H9BrN6OS2. The minimum absolute atomic E-state index is 0.00128. The number of nitrogens with zero attached hydrogens (tertiary/aromatic N) is 3. The second-order valence-corrected chi connectivity index (χ2v) is 6.66. The van der Waals surface area contributed by atoms with Gasteiger partial charge in [0.1, 0.15) is 0 Å². The van der Waals surface area contributed by atoms with Crippen molar-refractivity contribution in [2.24, 2.45) is 16.5 Å². The van der Waals surface area contributed by atoms with E-state index in [9.17, 15) is 0 Å². The summed E-state index contributed by atoms with van der Waals surface area (Å²) >= 11 is 5.98. The Balaban J connectivity index is 1.98. The average molecular weight is 361 g/mol. The van der Waals surface area contributed by atoms with Crippen molar-refractivity contribution in [1.82, 2.24) is 10.2 Å². The molecule has 0 atom stereocenters. The molecule has 0 aliphatic heterocycles. The summed E-state index contributed by atoms with van der Waals surface area (Å²) in [6.45, 7) is 0. The van der Waals surface area contributed by atoms with Gasteiger partial charge in [-0.1, -0.05) is 11.8 Å². The van der Waals surface area contributed by atoms with Crippen molar-refractivity contribution in [3.05, 3.63) is 21.8 Å². The van der Waals surface area contributed by atoms with Crippen molar-refractivity contribution in [3.63, 3.8) is 0 Å². The van der Waals surface area contributed by atoms with Gasteiger partial charge in [0.25, 0.3) is 5.89 Å². The number of hydrogen-bond acceptors (Lipinski definition) is 6. The van der Waals surface area contributed by atoms with Crippen molar-refractivity contribution >= 4 is 50.2 Å². The lowest BCUT2D eigenvalue weighted by Crippen LogP contribution is -2.23. The molecule has 0 unspecified atom stereocenters. The maximum Gasteiger partial charge on any atom is 0.257 e. The zero-order valence-electron chi connectivity index (χ0n) is 9.46. The van der Waals surface area contributed by atoms with Crippen molar-refractivity contribution in [1.29, 1.82) is 5.41 Å². The van der Waals surface area contributed by atoms with E-state index in [-0.39, 0.29) is 11.1 Å². The summed E-state index contributed by atoms with van der Waals surface area (Å²) in [5.41, 5.74) is 10.3. The van der Waals surface area contributed by atoms with Crippen LogP contribution in [-0.4, -0.2) is 21.3 Å². The van der Waals surface area contributed by atoms with Gasteiger partial charge in [0, 0.05) is 0 Å². The van der Waals surface area contributed by atoms with Gasteiger partial charge in [0.05, 0.1) is 14.4 Å². The van der Waals surface area contributed by atoms with E-state index in [1.165, 1.54) is 11.3 Å². The Morgan fingerprint density at radius 1 is 1.47 bits per heavy atom. The van der Waals surface area contributed by atoms with Crippen LogP contribution in [0.3, 0.4) is 0 Å². The van der Waals surface area contributed by atoms with Gasteiger partial charge >= 0.3 is 0 Å². The summed E-state index contributed by atoms with van der Waals surface area (Å²) in [5.74, 6) is 1.07. The molecule has 2 heterocycles. The lowest BCUT2D eigenvalue weighted by molar-refractivity contribution is 0.530. The molecule has 0 saturated heterocycles. The van der Waals surface area contributed by atoms with Crippen LogP contribution in [0.4, 0.5) is 0 Å². The summed E-state index contributed by atoms with van der Waals surface area (Å²) in [7, 11) is 0. The zero-order chi connectivity index (χ0) is 13.8. The van der Waals surface area contributed by atoms with Gasteiger partial charge < -0.3 is 15.9 Å². The lowest BCUT2D eigenvalue weighted by Gasteiger charge is -1.95. The van der Waals surface area contributed by atoms with E-state index in [1.807, 2.05) is 12.1 Å². The third-order valence-electron chi connectivity index (χ3n) is 1.81. The molecule has 5 N–H and O–H groups in total. The first-order valence-corrected chi connectivity index (χ1v) is 7.53. The molecule has 0 fully saturated rings. The van der Waals surface area contributed by atoms with E-state index in [0.717, 1.165) is 20.4 Å². The molecule has 10 heteroatoms. The Bertz CT molecular complexity index is 618. The highest BCUT2D eigenvalue weighted by atomic mass is 79.9. The van der Waals surface area contributed by atoms with E-state index in [1.54, 1.807) is 0 Å². The molecule has 0 amide bonds. The van der Waals surface area contributed by atoms with Crippen LogP contribution >= 0.6 is 39.0 Å². The van der Waals surface area contributed by atoms with Gasteiger partial charge in [-0.05, 0) is 28.1 Å². The average Bonchev–Trinajstić information content (AvgIpc) is 2.94. The summed E-state index contributed by atoms with van der Waals surface area (Å²) in [4.78, 5) is 4.47. The quantitative estimate of drug-likeness (QED) is 0.567. The van der Waals surface area contributed by atoms with Gasteiger partial charge in [0.2, 0.25) is 5.89 Å². The van der Waals surface area contributed by atoms with E-state index in [0.29, 0.717) is 17.5 Å². The Morgan fingerprint density at radius 3 is 2.89 bits per heavy atom. The number of hydrogen-bond donors (Lipinski definition) is 3. The zero-order valence-corrected chi connectivity index (χ0v) is 12.7. The van der Waals surface area contributed by atoms with Gasteiger partial charge in [-0.25, -0.2) is 0 Å². The minimum Gasteiger partial charge on any atom is -0.419 e. The summed E-state index contributed by atoms with van der Waals surface area (Å²) in [6.07, 6.45) is 0. The second kappa shape index (κ2) is 6.17. The number of rotatable bonds is 3. The number of aromatic nitrogens is 2. The molecule has 0 aliphatic carbocycles. The maximum atomic E-state index is 7.46. The molecule has 0 aliphatic rings. The first-order valence-electron chi connectivity index (χ1n) is 4.93. The summed E-state index contributed by atoms with van der Waals surface area (Å²) in [5, 5.41) is 15.3. The second-order valence-electron chi connectivity index (χ2n) is 3.24. The molecule has 7 nitrogen and oxygen atoms in total. The molecule has 0 saturated carbocycles.